The minimum absolute atomic E-state index is 0.311. The average Bonchev–Trinajstić information content (AvgIpc) is 2.55. The maximum atomic E-state index is 3.71. The van der Waals surface area contributed by atoms with Crippen LogP contribution in [0.3, 0.4) is 0 Å². The number of anilines is 1. The zero-order chi connectivity index (χ0) is 17.2. The lowest BCUT2D eigenvalue weighted by Gasteiger charge is -2.37. The summed E-state index contributed by atoms with van der Waals surface area (Å²) in [4.78, 5) is 0. The van der Waals surface area contributed by atoms with Gasteiger partial charge in [-0.25, -0.2) is 0 Å². The van der Waals surface area contributed by atoms with E-state index in [2.05, 4.69) is 75.5 Å². The number of aryl methyl sites for hydroxylation is 1. The Hall–Kier alpha value is -1.76. The molecule has 1 atom stereocenters. The van der Waals surface area contributed by atoms with Crippen LogP contribution in [0, 0.1) is 5.41 Å². The minimum Gasteiger partial charge on any atom is -0.385 e. The van der Waals surface area contributed by atoms with Crippen molar-refractivity contribution in [3.63, 3.8) is 0 Å². The van der Waals surface area contributed by atoms with Crippen LogP contribution in [0.5, 0.6) is 0 Å². The van der Waals surface area contributed by atoms with E-state index in [9.17, 15) is 0 Å². The standard InChI is InChI=1S/C23H31N/c1-5-9-19-15-18(14-17-10-7-6-8-11-17)16-20-21(23(2,3)4)12-13-24-22(19)20/h6-8,10-11,15-16,21,24H,5,9,12-14H2,1-4H3. The van der Waals surface area contributed by atoms with Crippen LogP contribution in [0.2, 0.25) is 0 Å². The van der Waals surface area contributed by atoms with Gasteiger partial charge < -0.3 is 5.32 Å². The highest BCUT2D eigenvalue weighted by atomic mass is 14.9. The molecule has 1 heterocycles. The van der Waals surface area contributed by atoms with Gasteiger partial charge in [0.25, 0.3) is 0 Å². The molecular formula is C23H31N. The van der Waals surface area contributed by atoms with Crippen molar-refractivity contribution in [1.29, 1.82) is 0 Å². The monoisotopic (exact) mass is 321 g/mol. The zero-order valence-corrected chi connectivity index (χ0v) is 15.7. The Morgan fingerprint density at radius 3 is 2.46 bits per heavy atom. The van der Waals surface area contributed by atoms with Gasteiger partial charge in [-0.15, -0.1) is 0 Å². The quantitative estimate of drug-likeness (QED) is 0.709. The molecule has 1 heteroatoms. The first-order valence-electron chi connectivity index (χ1n) is 9.42. The van der Waals surface area contributed by atoms with Crippen LogP contribution in [0.4, 0.5) is 5.69 Å². The van der Waals surface area contributed by atoms with Gasteiger partial charge in [-0.2, -0.15) is 0 Å². The third-order valence-electron chi connectivity index (χ3n) is 5.24. The highest BCUT2D eigenvalue weighted by molar-refractivity contribution is 5.63. The Labute approximate surface area is 147 Å². The van der Waals surface area contributed by atoms with Gasteiger partial charge in [0.15, 0.2) is 0 Å². The first-order valence-corrected chi connectivity index (χ1v) is 9.42. The van der Waals surface area contributed by atoms with Crippen molar-refractivity contribution < 1.29 is 0 Å². The second kappa shape index (κ2) is 7.01. The van der Waals surface area contributed by atoms with E-state index in [0.717, 1.165) is 19.4 Å². The first kappa shape index (κ1) is 17.1. The molecule has 0 aromatic heterocycles. The largest absolute Gasteiger partial charge is 0.385 e. The van der Waals surface area contributed by atoms with Gasteiger partial charge in [0, 0.05) is 12.2 Å². The van der Waals surface area contributed by atoms with Crippen LogP contribution in [0.25, 0.3) is 0 Å². The summed E-state index contributed by atoms with van der Waals surface area (Å²) in [5, 5.41) is 3.71. The summed E-state index contributed by atoms with van der Waals surface area (Å²) in [6, 6.07) is 15.8. The topological polar surface area (TPSA) is 12.0 Å². The molecule has 0 saturated carbocycles. The molecule has 0 bridgehead atoms. The van der Waals surface area contributed by atoms with Gasteiger partial charge in [-0.05, 0) is 52.8 Å². The Balaban J connectivity index is 2.04. The third-order valence-corrected chi connectivity index (χ3v) is 5.24. The summed E-state index contributed by atoms with van der Waals surface area (Å²) in [6.45, 7) is 10.5. The van der Waals surface area contributed by atoms with Gasteiger partial charge in [0.05, 0.1) is 0 Å². The number of hydrogen-bond donors (Lipinski definition) is 1. The van der Waals surface area contributed by atoms with Crippen molar-refractivity contribution >= 4 is 5.69 Å². The fourth-order valence-electron chi connectivity index (χ4n) is 4.08. The highest BCUT2D eigenvalue weighted by Gasteiger charge is 2.31. The molecule has 0 amide bonds. The van der Waals surface area contributed by atoms with E-state index in [1.807, 2.05) is 0 Å². The van der Waals surface area contributed by atoms with Crippen molar-refractivity contribution in [2.75, 3.05) is 11.9 Å². The summed E-state index contributed by atoms with van der Waals surface area (Å²) >= 11 is 0. The van der Waals surface area contributed by atoms with Crippen molar-refractivity contribution in [3.8, 4) is 0 Å². The summed E-state index contributed by atoms with van der Waals surface area (Å²) in [7, 11) is 0. The molecule has 1 aliphatic rings. The molecule has 3 rings (SSSR count). The number of fused-ring (bicyclic) bond motifs is 1. The Kier molecular flexibility index (Phi) is 4.99. The minimum atomic E-state index is 0.311. The van der Waals surface area contributed by atoms with E-state index < -0.39 is 0 Å². The second-order valence-corrected chi connectivity index (χ2v) is 8.27. The van der Waals surface area contributed by atoms with Gasteiger partial charge in [-0.1, -0.05) is 76.6 Å². The van der Waals surface area contributed by atoms with E-state index in [1.165, 1.54) is 35.2 Å². The molecule has 0 aliphatic carbocycles. The Morgan fingerprint density at radius 1 is 1.04 bits per heavy atom. The fraction of sp³-hybridized carbons (Fsp3) is 0.478. The van der Waals surface area contributed by atoms with Gasteiger partial charge in [0.1, 0.15) is 0 Å². The molecule has 128 valence electrons. The normalized spacial score (nSPS) is 17.2. The van der Waals surface area contributed by atoms with E-state index >= 15 is 0 Å². The highest BCUT2D eigenvalue weighted by Crippen LogP contribution is 2.45. The van der Waals surface area contributed by atoms with Crippen LogP contribution in [-0.4, -0.2) is 6.54 Å². The number of benzene rings is 2. The lowest BCUT2D eigenvalue weighted by Crippen LogP contribution is -2.27. The van der Waals surface area contributed by atoms with Crippen molar-refractivity contribution in [3.05, 3.63) is 64.7 Å². The molecule has 24 heavy (non-hydrogen) atoms. The number of rotatable bonds is 4. The molecule has 0 radical (unpaired) electrons. The third kappa shape index (κ3) is 3.66. The summed E-state index contributed by atoms with van der Waals surface area (Å²) in [5.41, 5.74) is 7.66. The predicted octanol–water partition coefficient (Wildman–Crippen LogP) is 6.18. The maximum absolute atomic E-state index is 3.71. The van der Waals surface area contributed by atoms with Gasteiger partial charge >= 0.3 is 0 Å². The summed E-state index contributed by atoms with van der Waals surface area (Å²) in [5.74, 6) is 0.639. The van der Waals surface area contributed by atoms with Crippen molar-refractivity contribution in [2.24, 2.45) is 5.41 Å². The molecule has 0 saturated heterocycles. The first-order chi connectivity index (χ1) is 11.5. The Bertz CT molecular complexity index is 679. The van der Waals surface area contributed by atoms with Crippen LogP contribution in [0.15, 0.2) is 42.5 Å². The van der Waals surface area contributed by atoms with Crippen LogP contribution >= 0.6 is 0 Å². The van der Waals surface area contributed by atoms with E-state index in [-0.39, 0.29) is 0 Å². The van der Waals surface area contributed by atoms with Crippen molar-refractivity contribution in [1.82, 2.24) is 0 Å². The maximum Gasteiger partial charge on any atom is 0.0408 e. The smallest absolute Gasteiger partial charge is 0.0408 e. The molecule has 0 fully saturated rings. The summed E-state index contributed by atoms with van der Waals surface area (Å²) in [6.07, 6.45) is 4.62. The van der Waals surface area contributed by atoms with Gasteiger partial charge in [0.2, 0.25) is 0 Å². The average molecular weight is 322 g/mol. The zero-order valence-electron chi connectivity index (χ0n) is 15.7. The van der Waals surface area contributed by atoms with E-state index in [1.54, 1.807) is 5.56 Å². The molecule has 1 unspecified atom stereocenters. The predicted molar refractivity (Wildman–Crippen MR) is 105 cm³/mol. The van der Waals surface area contributed by atoms with E-state index in [0.29, 0.717) is 11.3 Å². The fourth-order valence-corrected chi connectivity index (χ4v) is 4.08. The molecule has 0 spiro atoms. The molecule has 2 aromatic rings. The molecule has 1 nitrogen and oxygen atoms in total. The Morgan fingerprint density at radius 2 is 1.79 bits per heavy atom. The molecule has 1 N–H and O–H groups in total. The van der Waals surface area contributed by atoms with Crippen molar-refractivity contribution in [2.45, 2.75) is 59.3 Å². The van der Waals surface area contributed by atoms with Gasteiger partial charge in [-0.3, -0.25) is 0 Å². The van der Waals surface area contributed by atoms with Crippen LogP contribution < -0.4 is 5.32 Å². The molecular weight excluding hydrogens is 290 g/mol. The number of nitrogens with one attached hydrogen (secondary N) is 1. The van der Waals surface area contributed by atoms with E-state index in [4.69, 9.17) is 0 Å². The summed E-state index contributed by atoms with van der Waals surface area (Å²) < 4.78 is 0. The SMILES string of the molecule is CCCc1cc(Cc2ccccc2)cc2c1NCCC2C(C)(C)C. The van der Waals surface area contributed by atoms with Crippen LogP contribution in [0.1, 0.15) is 68.7 Å². The second-order valence-electron chi connectivity index (χ2n) is 8.27. The van der Waals surface area contributed by atoms with Crippen LogP contribution in [-0.2, 0) is 12.8 Å². The lowest BCUT2D eigenvalue weighted by atomic mass is 9.71. The number of hydrogen-bond acceptors (Lipinski definition) is 1. The lowest BCUT2D eigenvalue weighted by molar-refractivity contribution is 0.305. The molecule has 1 aliphatic heterocycles. The molecule has 2 aromatic carbocycles.